The Morgan fingerprint density at radius 1 is 1.24 bits per heavy atom. The molecule has 0 bridgehead atoms. The first-order valence-electron chi connectivity index (χ1n) is 10.2. The molecule has 3 unspecified atom stereocenters. The largest absolute Gasteiger partial charge is 0.501 e. The van der Waals surface area contributed by atoms with Crippen LogP contribution in [0.4, 0.5) is 0 Å². The van der Waals surface area contributed by atoms with Gasteiger partial charge in [0.1, 0.15) is 11.5 Å². The zero-order valence-electron chi connectivity index (χ0n) is 17.6. The fraction of sp³-hybridized carbons (Fsp3) is 0.591. The third-order valence-electron chi connectivity index (χ3n) is 5.80. The van der Waals surface area contributed by atoms with Gasteiger partial charge in [-0.2, -0.15) is 0 Å². The maximum atomic E-state index is 13.2. The normalized spacial score (nSPS) is 28.2. The van der Waals surface area contributed by atoms with E-state index in [1.54, 1.807) is 45.0 Å². The number of aliphatic hydroxyl groups is 1. The number of rotatable bonds is 6. The first-order chi connectivity index (χ1) is 13.9. The van der Waals surface area contributed by atoms with E-state index in [1.807, 2.05) is 4.90 Å². The summed E-state index contributed by atoms with van der Waals surface area (Å²) in [4.78, 5) is 23.8. The van der Waals surface area contributed by atoms with Crippen molar-refractivity contribution in [2.24, 2.45) is 17.8 Å². The van der Waals surface area contributed by atoms with Crippen LogP contribution in [0, 0.1) is 17.8 Å². The molecule has 1 N–H and O–H groups in total. The number of hydrogen-bond acceptors (Lipinski definition) is 6. The molecule has 1 aromatic heterocycles. The van der Waals surface area contributed by atoms with E-state index in [2.05, 4.69) is 23.8 Å². The third kappa shape index (κ3) is 4.96. The number of piperidine rings is 1. The van der Waals surface area contributed by atoms with Crippen LogP contribution >= 0.6 is 0 Å². The first-order valence-corrected chi connectivity index (χ1v) is 10.2. The topological polar surface area (TPSA) is 84.8 Å². The lowest BCUT2D eigenvalue weighted by atomic mass is 9.78. The van der Waals surface area contributed by atoms with Crippen LogP contribution < -0.4 is 0 Å². The van der Waals surface area contributed by atoms with Gasteiger partial charge >= 0.3 is 0 Å². The van der Waals surface area contributed by atoms with Gasteiger partial charge in [0.05, 0.1) is 31.9 Å². The molecule has 1 amide bonds. The minimum Gasteiger partial charge on any atom is -0.501 e. The Labute approximate surface area is 172 Å². The fourth-order valence-corrected chi connectivity index (χ4v) is 4.58. The number of hydrogen-bond donors (Lipinski definition) is 1. The molecule has 5 atom stereocenters. The standard InChI is InChI=1S/C22H31N3O4/c1-14-7-15(2)13-25(12-14)21(27)10-17(18-11-23-5-6-24-18)22-19(26)8-16(28-3)9-20(22)29-4/h5-6,8-9,11,14-15,17,19,22,26H,7,10,12-13H2,1-4H3/t14-,15+,17?,19?,22?. The average Bonchev–Trinajstić information content (AvgIpc) is 2.71. The molecule has 0 radical (unpaired) electrons. The maximum absolute atomic E-state index is 13.2. The van der Waals surface area contributed by atoms with E-state index in [1.165, 1.54) is 0 Å². The summed E-state index contributed by atoms with van der Waals surface area (Å²) in [6, 6.07) is 0. The predicted octanol–water partition coefficient (Wildman–Crippen LogP) is 2.51. The van der Waals surface area contributed by atoms with Crippen molar-refractivity contribution in [3.05, 3.63) is 48.0 Å². The number of carbonyl (C=O) groups excluding carboxylic acids is 1. The van der Waals surface area contributed by atoms with Crippen molar-refractivity contribution < 1.29 is 19.4 Å². The van der Waals surface area contributed by atoms with Crippen molar-refractivity contribution in [2.75, 3.05) is 27.3 Å². The number of amides is 1. The molecule has 1 aromatic rings. The SMILES string of the molecule is COC1=CC(O)C(C(CC(=O)N2C[C@H](C)C[C@H](C)C2)c2cnccn2)C(OC)=C1. The van der Waals surface area contributed by atoms with Crippen molar-refractivity contribution in [3.63, 3.8) is 0 Å². The number of likely N-dealkylation sites (tertiary alicyclic amines) is 1. The molecule has 7 nitrogen and oxygen atoms in total. The Morgan fingerprint density at radius 3 is 2.55 bits per heavy atom. The summed E-state index contributed by atoms with van der Waals surface area (Å²) in [5.41, 5.74) is 0.667. The molecule has 1 aliphatic heterocycles. The van der Waals surface area contributed by atoms with Crippen molar-refractivity contribution in [2.45, 2.75) is 38.7 Å². The maximum Gasteiger partial charge on any atom is 0.223 e. The number of ether oxygens (including phenoxy) is 2. The fourth-order valence-electron chi connectivity index (χ4n) is 4.58. The second-order valence-corrected chi connectivity index (χ2v) is 8.23. The van der Waals surface area contributed by atoms with Crippen LogP contribution in [-0.2, 0) is 14.3 Å². The highest BCUT2D eigenvalue weighted by Crippen LogP contribution is 2.39. The Kier molecular flexibility index (Phi) is 6.90. The van der Waals surface area contributed by atoms with Gasteiger partial charge in [-0.1, -0.05) is 13.8 Å². The van der Waals surface area contributed by atoms with Crippen LogP contribution in [0.3, 0.4) is 0 Å². The summed E-state index contributed by atoms with van der Waals surface area (Å²) < 4.78 is 10.8. The summed E-state index contributed by atoms with van der Waals surface area (Å²) in [5, 5.41) is 10.9. The Bertz CT molecular complexity index is 755. The molecule has 2 aliphatic rings. The molecule has 0 aromatic carbocycles. The average molecular weight is 402 g/mol. The molecular formula is C22H31N3O4. The molecule has 1 saturated heterocycles. The number of aromatic nitrogens is 2. The van der Waals surface area contributed by atoms with E-state index in [-0.39, 0.29) is 18.2 Å². The summed E-state index contributed by atoms with van der Waals surface area (Å²) in [6.07, 6.45) is 8.79. The second-order valence-electron chi connectivity index (χ2n) is 8.23. The predicted molar refractivity (Wildman–Crippen MR) is 109 cm³/mol. The molecule has 0 spiro atoms. The van der Waals surface area contributed by atoms with Gasteiger partial charge in [0, 0.05) is 50.1 Å². The molecule has 3 rings (SSSR count). The minimum atomic E-state index is -0.857. The Balaban J connectivity index is 1.89. The highest BCUT2D eigenvalue weighted by atomic mass is 16.5. The smallest absolute Gasteiger partial charge is 0.223 e. The van der Waals surface area contributed by atoms with Gasteiger partial charge in [-0.15, -0.1) is 0 Å². The summed E-state index contributed by atoms with van der Waals surface area (Å²) in [6.45, 7) is 5.90. The van der Waals surface area contributed by atoms with Crippen LogP contribution in [0.5, 0.6) is 0 Å². The number of methoxy groups -OCH3 is 2. The van der Waals surface area contributed by atoms with E-state index in [4.69, 9.17) is 9.47 Å². The van der Waals surface area contributed by atoms with Crippen LogP contribution in [0.25, 0.3) is 0 Å². The monoisotopic (exact) mass is 401 g/mol. The zero-order chi connectivity index (χ0) is 21.0. The van der Waals surface area contributed by atoms with Gasteiger partial charge < -0.3 is 19.5 Å². The summed E-state index contributed by atoms with van der Waals surface area (Å²) in [7, 11) is 3.11. The lowest BCUT2D eigenvalue weighted by molar-refractivity contribution is -0.134. The molecular weight excluding hydrogens is 370 g/mol. The summed E-state index contributed by atoms with van der Waals surface area (Å²) >= 11 is 0. The van der Waals surface area contributed by atoms with Crippen LogP contribution in [0.15, 0.2) is 42.3 Å². The minimum absolute atomic E-state index is 0.0724. The highest BCUT2D eigenvalue weighted by molar-refractivity contribution is 5.77. The van der Waals surface area contributed by atoms with Gasteiger partial charge in [0.2, 0.25) is 5.91 Å². The summed E-state index contributed by atoms with van der Waals surface area (Å²) in [5.74, 6) is 1.34. The van der Waals surface area contributed by atoms with Gasteiger partial charge in [-0.05, 0) is 24.3 Å². The molecule has 1 fully saturated rings. The molecule has 7 heteroatoms. The van der Waals surface area contributed by atoms with E-state index < -0.39 is 12.0 Å². The van der Waals surface area contributed by atoms with E-state index >= 15 is 0 Å². The van der Waals surface area contributed by atoms with E-state index in [9.17, 15) is 9.90 Å². The Morgan fingerprint density at radius 2 is 1.97 bits per heavy atom. The first kappa shape index (κ1) is 21.3. The number of nitrogens with zero attached hydrogens (tertiary/aromatic N) is 3. The molecule has 2 heterocycles. The van der Waals surface area contributed by atoms with E-state index in [0.717, 1.165) is 19.5 Å². The van der Waals surface area contributed by atoms with Crippen LogP contribution in [0.2, 0.25) is 0 Å². The number of aliphatic hydroxyl groups excluding tert-OH is 1. The quantitative estimate of drug-likeness (QED) is 0.788. The van der Waals surface area contributed by atoms with E-state index in [0.29, 0.717) is 29.0 Å². The van der Waals surface area contributed by atoms with Gasteiger partial charge in [0.25, 0.3) is 0 Å². The highest BCUT2D eigenvalue weighted by Gasteiger charge is 2.39. The van der Waals surface area contributed by atoms with Crippen molar-refractivity contribution in [1.29, 1.82) is 0 Å². The van der Waals surface area contributed by atoms with Crippen molar-refractivity contribution >= 4 is 5.91 Å². The zero-order valence-corrected chi connectivity index (χ0v) is 17.6. The van der Waals surface area contributed by atoms with Gasteiger partial charge in [-0.3, -0.25) is 14.8 Å². The Hall–Kier alpha value is -2.41. The van der Waals surface area contributed by atoms with Crippen LogP contribution in [-0.4, -0.2) is 59.3 Å². The van der Waals surface area contributed by atoms with Crippen molar-refractivity contribution in [1.82, 2.24) is 14.9 Å². The van der Waals surface area contributed by atoms with Gasteiger partial charge in [0.15, 0.2) is 0 Å². The molecule has 1 aliphatic carbocycles. The van der Waals surface area contributed by atoms with Crippen LogP contribution in [0.1, 0.15) is 38.3 Å². The second kappa shape index (κ2) is 9.39. The third-order valence-corrected chi connectivity index (χ3v) is 5.80. The lowest BCUT2D eigenvalue weighted by Gasteiger charge is -2.37. The molecule has 158 valence electrons. The number of allylic oxidation sites excluding steroid dienone is 1. The number of carbonyl (C=O) groups is 1. The van der Waals surface area contributed by atoms with Crippen molar-refractivity contribution in [3.8, 4) is 0 Å². The molecule has 0 saturated carbocycles. The van der Waals surface area contributed by atoms with Gasteiger partial charge in [-0.25, -0.2) is 0 Å². The lowest BCUT2D eigenvalue weighted by Crippen LogP contribution is -2.44. The molecule has 29 heavy (non-hydrogen) atoms.